The molecule has 2 rings (SSSR count). The molecule has 104 valence electrons. The van der Waals surface area contributed by atoms with Crippen molar-refractivity contribution < 1.29 is 0 Å². The standard InChI is InChI=1S/C11H15BrN4S3/c1-6(13)9(7-4-5-8(12)17-7)18-11-15-14-10(19-11)16(2)3/h4-6,9H,13H2,1-3H3. The highest BCUT2D eigenvalue weighted by Gasteiger charge is 2.22. The SMILES string of the molecule is CC(N)C(Sc1nnc(N(C)C)s1)c1ccc(Br)s1. The first-order chi connectivity index (χ1) is 8.97. The first-order valence-corrected chi connectivity index (χ1v) is 8.96. The van der Waals surface area contributed by atoms with Gasteiger partial charge in [0.05, 0.1) is 9.04 Å². The predicted octanol–water partition coefficient (Wildman–Crippen LogP) is 3.61. The van der Waals surface area contributed by atoms with Crippen LogP contribution >= 0.6 is 50.4 Å². The van der Waals surface area contributed by atoms with Gasteiger partial charge in [-0.25, -0.2) is 0 Å². The molecule has 0 radical (unpaired) electrons. The van der Waals surface area contributed by atoms with E-state index in [4.69, 9.17) is 5.73 Å². The highest BCUT2D eigenvalue weighted by atomic mass is 79.9. The monoisotopic (exact) mass is 378 g/mol. The van der Waals surface area contributed by atoms with Crippen LogP contribution in [0.15, 0.2) is 20.3 Å². The van der Waals surface area contributed by atoms with Crippen LogP contribution < -0.4 is 10.6 Å². The molecule has 0 saturated heterocycles. The lowest BCUT2D eigenvalue weighted by atomic mass is 10.2. The third-order valence-electron chi connectivity index (χ3n) is 2.36. The zero-order valence-corrected chi connectivity index (χ0v) is 14.9. The molecule has 2 heterocycles. The van der Waals surface area contributed by atoms with E-state index in [-0.39, 0.29) is 11.3 Å². The van der Waals surface area contributed by atoms with Gasteiger partial charge in [-0.1, -0.05) is 23.1 Å². The van der Waals surface area contributed by atoms with Crippen molar-refractivity contribution in [2.24, 2.45) is 5.73 Å². The molecule has 2 aromatic heterocycles. The molecular weight excluding hydrogens is 364 g/mol. The third-order valence-corrected chi connectivity index (χ3v) is 6.86. The van der Waals surface area contributed by atoms with Crippen molar-refractivity contribution in [1.82, 2.24) is 10.2 Å². The predicted molar refractivity (Wildman–Crippen MR) is 88.5 cm³/mol. The average molecular weight is 379 g/mol. The number of hydrogen-bond donors (Lipinski definition) is 1. The summed E-state index contributed by atoms with van der Waals surface area (Å²) in [6.45, 7) is 2.03. The fourth-order valence-electron chi connectivity index (χ4n) is 1.45. The van der Waals surface area contributed by atoms with Crippen LogP contribution in [0, 0.1) is 0 Å². The first kappa shape index (κ1) is 15.2. The molecule has 0 aliphatic carbocycles. The Hall–Kier alpha value is -0.150. The number of nitrogens with zero attached hydrogens (tertiary/aromatic N) is 3. The van der Waals surface area contributed by atoms with Crippen LogP contribution in [-0.4, -0.2) is 30.3 Å². The van der Waals surface area contributed by atoms with E-state index in [2.05, 4.69) is 38.3 Å². The van der Waals surface area contributed by atoms with Gasteiger partial charge in [0, 0.05) is 25.0 Å². The Balaban J connectivity index is 2.16. The Morgan fingerprint density at radius 3 is 2.53 bits per heavy atom. The molecule has 2 N–H and O–H groups in total. The number of nitrogens with two attached hydrogens (primary N) is 1. The van der Waals surface area contributed by atoms with Crippen LogP contribution in [0.25, 0.3) is 0 Å². The second-order valence-corrected chi connectivity index (χ2v) is 9.12. The van der Waals surface area contributed by atoms with E-state index >= 15 is 0 Å². The van der Waals surface area contributed by atoms with Crippen molar-refractivity contribution in [3.8, 4) is 0 Å². The Morgan fingerprint density at radius 2 is 2.05 bits per heavy atom. The van der Waals surface area contributed by atoms with Crippen molar-refractivity contribution in [3.63, 3.8) is 0 Å². The topological polar surface area (TPSA) is 55.0 Å². The van der Waals surface area contributed by atoms with Gasteiger partial charge in [0.15, 0.2) is 4.34 Å². The van der Waals surface area contributed by atoms with Crippen molar-refractivity contribution in [2.75, 3.05) is 19.0 Å². The van der Waals surface area contributed by atoms with E-state index in [0.29, 0.717) is 0 Å². The third kappa shape index (κ3) is 3.91. The molecule has 0 aromatic carbocycles. The maximum atomic E-state index is 6.11. The fourth-order valence-corrected chi connectivity index (χ4v) is 5.20. The van der Waals surface area contributed by atoms with Gasteiger partial charge in [0.1, 0.15) is 0 Å². The summed E-state index contributed by atoms with van der Waals surface area (Å²) in [5.41, 5.74) is 6.11. The maximum absolute atomic E-state index is 6.11. The molecule has 0 saturated carbocycles. The molecule has 0 bridgehead atoms. The molecule has 0 spiro atoms. The van der Waals surface area contributed by atoms with Gasteiger partial charge in [0.25, 0.3) is 0 Å². The molecule has 0 aliphatic rings. The molecule has 8 heteroatoms. The average Bonchev–Trinajstić information content (AvgIpc) is 2.94. The summed E-state index contributed by atoms with van der Waals surface area (Å²) in [7, 11) is 3.93. The van der Waals surface area contributed by atoms with Gasteiger partial charge in [-0.05, 0) is 35.0 Å². The van der Waals surface area contributed by atoms with Gasteiger partial charge in [-0.3, -0.25) is 0 Å². The van der Waals surface area contributed by atoms with Crippen LogP contribution in [0.4, 0.5) is 5.13 Å². The van der Waals surface area contributed by atoms with Crippen molar-refractivity contribution >= 4 is 55.5 Å². The zero-order valence-electron chi connectivity index (χ0n) is 10.8. The minimum atomic E-state index is 0.0576. The summed E-state index contributed by atoms with van der Waals surface area (Å²) in [6, 6.07) is 4.23. The van der Waals surface area contributed by atoms with Gasteiger partial charge in [0.2, 0.25) is 5.13 Å². The van der Waals surface area contributed by atoms with E-state index in [1.165, 1.54) is 4.88 Å². The van der Waals surface area contributed by atoms with Crippen molar-refractivity contribution in [2.45, 2.75) is 22.6 Å². The Labute approximate surface area is 133 Å². The number of thiophene rings is 1. The summed E-state index contributed by atoms with van der Waals surface area (Å²) < 4.78 is 2.08. The molecule has 4 nitrogen and oxygen atoms in total. The summed E-state index contributed by atoms with van der Waals surface area (Å²) in [6.07, 6.45) is 0. The molecule has 2 unspecified atom stereocenters. The van der Waals surface area contributed by atoms with Gasteiger partial charge < -0.3 is 10.6 Å². The minimum Gasteiger partial charge on any atom is -0.353 e. The Bertz CT molecular complexity index is 538. The van der Waals surface area contributed by atoms with Gasteiger partial charge in [-0.15, -0.1) is 21.5 Å². The summed E-state index contributed by atoms with van der Waals surface area (Å²) in [5, 5.41) is 9.50. The molecule has 2 atom stereocenters. The van der Waals surface area contributed by atoms with Gasteiger partial charge >= 0.3 is 0 Å². The summed E-state index contributed by atoms with van der Waals surface area (Å²) in [5.74, 6) is 0. The van der Waals surface area contributed by atoms with Gasteiger partial charge in [-0.2, -0.15) is 0 Å². The number of aromatic nitrogens is 2. The quantitative estimate of drug-likeness (QED) is 0.805. The normalized spacial score (nSPS) is 14.4. The smallest absolute Gasteiger partial charge is 0.208 e. The maximum Gasteiger partial charge on any atom is 0.208 e. The van der Waals surface area contributed by atoms with E-state index < -0.39 is 0 Å². The molecular formula is C11H15BrN4S3. The number of hydrogen-bond acceptors (Lipinski definition) is 7. The lowest BCUT2D eigenvalue weighted by molar-refractivity contribution is 0.729. The van der Waals surface area contributed by atoms with Crippen LogP contribution in [0.2, 0.25) is 0 Å². The van der Waals surface area contributed by atoms with Crippen LogP contribution in [0.3, 0.4) is 0 Å². The zero-order chi connectivity index (χ0) is 14.0. The fraction of sp³-hybridized carbons (Fsp3) is 0.455. The molecule has 19 heavy (non-hydrogen) atoms. The first-order valence-electron chi connectivity index (χ1n) is 5.65. The Kier molecular flexibility index (Phi) is 5.24. The number of thioether (sulfide) groups is 1. The van der Waals surface area contributed by atoms with Crippen molar-refractivity contribution in [1.29, 1.82) is 0 Å². The van der Waals surface area contributed by atoms with E-state index in [0.717, 1.165) is 13.3 Å². The highest BCUT2D eigenvalue weighted by Crippen LogP contribution is 2.42. The second kappa shape index (κ2) is 6.53. The van der Waals surface area contributed by atoms with Crippen LogP contribution in [-0.2, 0) is 0 Å². The summed E-state index contributed by atoms with van der Waals surface area (Å²) >= 11 is 8.49. The second-order valence-electron chi connectivity index (χ2n) is 4.28. The minimum absolute atomic E-state index is 0.0576. The number of halogens is 1. The summed E-state index contributed by atoms with van der Waals surface area (Å²) in [4.78, 5) is 3.22. The molecule has 0 fully saturated rings. The number of rotatable bonds is 5. The number of anilines is 1. The highest BCUT2D eigenvalue weighted by molar-refractivity contribution is 9.11. The Morgan fingerprint density at radius 1 is 1.32 bits per heavy atom. The molecule has 2 aromatic rings. The van der Waals surface area contributed by atoms with E-state index in [9.17, 15) is 0 Å². The van der Waals surface area contributed by atoms with Crippen LogP contribution in [0.5, 0.6) is 0 Å². The lowest BCUT2D eigenvalue weighted by Crippen LogP contribution is -2.21. The van der Waals surface area contributed by atoms with Crippen molar-refractivity contribution in [3.05, 3.63) is 20.8 Å². The van der Waals surface area contributed by atoms with Crippen LogP contribution in [0.1, 0.15) is 17.1 Å². The van der Waals surface area contributed by atoms with E-state index in [1.807, 2.05) is 25.9 Å². The molecule has 0 amide bonds. The molecule has 0 aliphatic heterocycles. The lowest BCUT2D eigenvalue weighted by Gasteiger charge is -2.17. The van der Waals surface area contributed by atoms with E-state index in [1.54, 1.807) is 34.4 Å². The largest absolute Gasteiger partial charge is 0.353 e.